The molecule has 0 unspecified atom stereocenters. The number of thioether (sulfide) groups is 1. The fourth-order valence-corrected chi connectivity index (χ4v) is 2.82. The van der Waals surface area contributed by atoms with Gasteiger partial charge < -0.3 is 10.1 Å². The van der Waals surface area contributed by atoms with Crippen LogP contribution in [-0.4, -0.2) is 18.3 Å². The SMILES string of the molecule is CC(=O)Nc1ccc(SCCOc2cccc(Br)c2)cc1. The van der Waals surface area contributed by atoms with Gasteiger partial charge in [-0.15, -0.1) is 11.8 Å². The van der Waals surface area contributed by atoms with Gasteiger partial charge in [-0.2, -0.15) is 0 Å². The van der Waals surface area contributed by atoms with Gasteiger partial charge in [-0.3, -0.25) is 4.79 Å². The quantitative estimate of drug-likeness (QED) is 0.601. The van der Waals surface area contributed by atoms with Gasteiger partial charge in [0.1, 0.15) is 5.75 Å². The van der Waals surface area contributed by atoms with Gasteiger partial charge in [0.2, 0.25) is 5.91 Å². The van der Waals surface area contributed by atoms with Crippen molar-refractivity contribution in [1.29, 1.82) is 0 Å². The molecule has 2 aromatic rings. The van der Waals surface area contributed by atoms with Crippen LogP contribution in [0.25, 0.3) is 0 Å². The minimum absolute atomic E-state index is 0.0576. The van der Waals surface area contributed by atoms with Crippen molar-refractivity contribution in [2.75, 3.05) is 17.7 Å². The fourth-order valence-electron chi connectivity index (χ4n) is 1.71. The normalized spacial score (nSPS) is 10.2. The largest absolute Gasteiger partial charge is 0.493 e. The Bertz CT molecular complexity index is 601. The van der Waals surface area contributed by atoms with Gasteiger partial charge >= 0.3 is 0 Å². The zero-order chi connectivity index (χ0) is 15.1. The molecule has 3 nitrogen and oxygen atoms in total. The van der Waals surface area contributed by atoms with Crippen LogP contribution in [0, 0.1) is 0 Å². The van der Waals surface area contributed by atoms with E-state index in [1.54, 1.807) is 11.8 Å². The number of hydrogen-bond acceptors (Lipinski definition) is 3. The molecule has 0 heterocycles. The van der Waals surface area contributed by atoms with Crippen LogP contribution in [0.3, 0.4) is 0 Å². The number of carbonyl (C=O) groups excluding carboxylic acids is 1. The molecule has 0 saturated heterocycles. The molecule has 0 fully saturated rings. The van der Waals surface area contributed by atoms with Crippen molar-refractivity contribution in [1.82, 2.24) is 0 Å². The molecule has 0 aliphatic carbocycles. The summed E-state index contributed by atoms with van der Waals surface area (Å²) >= 11 is 5.14. The van der Waals surface area contributed by atoms with Gasteiger partial charge in [0.15, 0.2) is 0 Å². The molecule has 0 aliphatic heterocycles. The Labute approximate surface area is 137 Å². The second kappa shape index (κ2) is 8.10. The van der Waals surface area contributed by atoms with Gasteiger partial charge in [-0.05, 0) is 42.5 Å². The predicted octanol–water partition coefficient (Wildman–Crippen LogP) is 4.58. The summed E-state index contributed by atoms with van der Waals surface area (Å²) in [6, 6.07) is 15.6. The highest BCUT2D eigenvalue weighted by Crippen LogP contribution is 2.21. The number of anilines is 1. The number of nitrogens with one attached hydrogen (secondary N) is 1. The van der Waals surface area contributed by atoms with Crippen molar-refractivity contribution >= 4 is 39.3 Å². The van der Waals surface area contributed by atoms with E-state index in [0.717, 1.165) is 26.6 Å². The maximum Gasteiger partial charge on any atom is 0.221 e. The Morgan fingerprint density at radius 1 is 1.24 bits per heavy atom. The van der Waals surface area contributed by atoms with Crippen LogP contribution in [0.5, 0.6) is 5.75 Å². The molecule has 0 saturated carbocycles. The number of benzene rings is 2. The lowest BCUT2D eigenvalue weighted by atomic mass is 10.3. The number of halogens is 1. The number of amides is 1. The summed E-state index contributed by atoms with van der Waals surface area (Å²) in [6.07, 6.45) is 0. The molecular formula is C16H16BrNO2S. The maximum atomic E-state index is 10.9. The van der Waals surface area contributed by atoms with Crippen molar-refractivity contribution in [3.05, 3.63) is 53.0 Å². The van der Waals surface area contributed by atoms with Crippen LogP contribution < -0.4 is 10.1 Å². The lowest BCUT2D eigenvalue weighted by Gasteiger charge is -2.07. The summed E-state index contributed by atoms with van der Waals surface area (Å²) in [6.45, 7) is 2.15. The van der Waals surface area contributed by atoms with Crippen molar-refractivity contribution < 1.29 is 9.53 Å². The highest BCUT2D eigenvalue weighted by Gasteiger charge is 1.99. The minimum Gasteiger partial charge on any atom is -0.493 e. The third-order valence-corrected chi connectivity index (χ3v) is 4.06. The lowest BCUT2D eigenvalue weighted by molar-refractivity contribution is -0.114. The Kier molecular flexibility index (Phi) is 6.14. The highest BCUT2D eigenvalue weighted by atomic mass is 79.9. The van der Waals surface area contributed by atoms with E-state index in [9.17, 15) is 4.79 Å². The van der Waals surface area contributed by atoms with E-state index in [0.29, 0.717) is 6.61 Å². The van der Waals surface area contributed by atoms with E-state index >= 15 is 0 Å². The summed E-state index contributed by atoms with van der Waals surface area (Å²) in [4.78, 5) is 12.1. The number of ether oxygens (including phenoxy) is 1. The van der Waals surface area contributed by atoms with E-state index in [1.807, 2.05) is 48.5 Å². The molecule has 0 aliphatic rings. The second-order valence-electron chi connectivity index (χ2n) is 4.36. The molecular weight excluding hydrogens is 350 g/mol. The van der Waals surface area contributed by atoms with Crippen molar-refractivity contribution in [3.63, 3.8) is 0 Å². The molecule has 0 atom stereocenters. The van der Waals surface area contributed by atoms with E-state index in [4.69, 9.17) is 4.74 Å². The zero-order valence-electron chi connectivity index (χ0n) is 11.6. The third-order valence-electron chi connectivity index (χ3n) is 2.59. The van der Waals surface area contributed by atoms with Crippen LogP contribution in [0.4, 0.5) is 5.69 Å². The summed E-state index contributed by atoms with van der Waals surface area (Å²) in [7, 11) is 0. The van der Waals surface area contributed by atoms with Crippen LogP contribution in [0.1, 0.15) is 6.92 Å². The van der Waals surface area contributed by atoms with Crippen LogP contribution >= 0.6 is 27.7 Å². The second-order valence-corrected chi connectivity index (χ2v) is 6.44. The summed E-state index contributed by atoms with van der Waals surface area (Å²) in [5.74, 6) is 1.68. The first-order chi connectivity index (χ1) is 10.1. The minimum atomic E-state index is -0.0576. The maximum absolute atomic E-state index is 10.9. The number of hydrogen-bond donors (Lipinski definition) is 1. The van der Waals surface area contributed by atoms with Crippen molar-refractivity contribution in [3.8, 4) is 5.75 Å². The van der Waals surface area contributed by atoms with Gasteiger partial charge in [0.05, 0.1) is 6.61 Å². The molecule has 0 bridgehead atoms. The average molecular weight is 366 g/mol. The van der Waals surface area contributed by atoms with E-state index in [2.05, 4.69) is 21.2 Å². The Morgan fingerprint density at radius 2 is 2.00 bits per heavy atom. The summed E-state index contributed by atoms with van der Waals surface area (Å²) in [5.41, 5.74) is 0.817. The Hall–Kier alpha value is -1.46. The Morgan fingerprint density at radius 3 is 2.67 bits per heavy atom. The third kappa shape index (κ3) is 5.81. The Balaban J connectivity index is 1.74. The fraction of sp³-hybridized carbons (Fsp3) is 0.188. The molecule has 2 rings (SSSR count). The first-order valence-electron chi connectivity index (χ1n) is 6.52. The first-order valence-corrected chi connectivity index (χ1v) is 8.30. The predicted molar refractivity (Wildman–Crippen MR) is 91.1 cm³/mol. The molecule has 0 radical (unpaired) electrons. The van der Waals surface area contributed by atoms with Gasteiger partial charge in [-0.1, -0.05) is 22.0 Å². The van der Waals surface area contributed by atoms with E-state index < -0.39 is 0 Å². The first kappa shape index (κ1) is 15.9. The van der Waals surface area contributed by atoms with E-state index in [-0.39, 0.29) is 5.91 Å². The van der Waals surface area contributed by atoms with Gasteiger partial charge in [-0.25, -0.2) is 0 Å². The monoisotopic (exact) mass is 365 g/mol. The van der Waals surface area contributed by atoms with Gasteiger partial charge in [0.25, 0.3) is 0 Å². The van der Waals surface area contributed by atoms with Crippen LogP contribution in [-0.2, 0) is 4.79 Å². The zero-order valence-corrected chi connectivity index (χ0v) is 14.0. The van der Waals surface area contributed by atoms with Crippen molar-refractivity contribution in [2.45, 2.75) is 11.8 Å². The average Bonchev–Trinajstić information content (AvgIpc) is 2.45. The molecule has 0 spiro atoms. The standard InChI is InChI=1S/C16H16BrNO2S/c1-12(19)18-14-5-7-16(8-6-14)21-10-9-20-15-4-2-3-13(17)11-15/h2-8,11H,9-10H2,1H3,(H,18,19). The summed E-state index contributed by atoms with van der Waals surface area (Å²) < 4.78 is 6.69. The summed E-state index contributed by atoms with van der Waals surface area (Å²) in [5, 5.41) is 2.75. The molecule has 21 heavy (non-hydrogen) atoms. The molecule has 1 N–H and O–H groups in total. The number of rotatable bonds is 6. The van der Waals surface area contributed by atoms with Gasteiger partial charge in [0, 0.05) is 27.7 Å². The van der Waals surface area contributed by atoms with Crippen LogP contribution in [0.15, 0.2) is 57.9 Å². The van der Waals surface area contributed by atoms with Crippen LogP contribution in [0.2, 0.25) is 0 Å². The number of carbonyl (C=O) groups is 1. The smallest absolute Gasteiger partial charge is 0.221 e. The van der Waals surface area contributed by atoms with E-state index in [1.165, 1.54) is 6.92 Å². The van der Waals surface area contributed by atoms with Crippen molar-refractivity contribution in [2.24, 2.45) is 0 Å². The lowest BCUT2D eigenvalue weighted by Crippen LogP contribution is -2.05. The molecule has 2 aromatic carbocycles. The highest BCUT2D eigenvalue weighted by molar-refractivity contribution is 9.10. The molecule has 1 amide bonds. The molecule has 0 aromatic heterocycles. The molecule has 110 valence electrons. The topological polar surface area (TPSA) is 38.3 Å². The molecule has 5 heteroatoms.